The van der Waals surface area contributed by atoms with E-state index in [1.54, 1.807) is 18.2 Å². The zero-order valence-corrected chi connectivity index (χ0v) is 14.7. The minimum absolute atomic E-state index is 0.227. The minimum atomic E-state index is -0.562. The Balaban J connectivity index is 1.97. The molecule has 0 aromatic heterocycles. The first-order chi connectivity index (χ1) is 12.6. The molecule has 1 unspecified atom stereocenters. The summed E-state index contributed by atoms with van der Waals surface area (Å²) in [6.07, 6.45) is 0.565. The molecule has 136 valence electrons. The molecule has 0 radical (unpaired) electrons. The monoisotopic (exact) mass is 355 g/mol. The molecule has 0 aliphatic rings. The number of benzene rings is 2. The summed E-state index contributed by atoms with van der Waals surface area (Å²) >= 11 is 0. The Morgan fingerprint density at radius 1 is 1.00 bits per heavy atom. The second-order valence-corrected chi connectivity index (χ2v) is 5.56. The highest BCUT2D eigenvalue weighted by atomic mass is 16.5. The molecule has 2 rings (SSSR count). The first-order valence-corrected chi connectivity index (χ1v) is 8.25. The van der Waals surface area contributed by atoms with E-state index in [9.17, 15) is 14.4 Å². The van der Waals surface area contributed by atoms with Crippen LogP contribution in [0.1, 0.15) is 35.2 Å². The molecule has 26 heavy (non-hydrogen) atoms. The summed E-state index contributed by atoms with van der Waals surface area (Å²) in [6.45, 7) is 1.45. The van der Waals surface area contributed by atoms with Gasteiger partial charge in [-0.05, 0) is 24.1 Å². The number of methoxy groups -OCH3 is 1. The van der Waals surface area contributed by atoms with Gasteiger partial charge in [0.15, 0.2) is 6.61 Å². The Morgan fingerprint density at radius 2 is 1.65 bits per heavy atom. The fourth-order valence-corrected chi connectivity index (χ4v) is 2.53. The molecule has 1 atom stereocenters. The minimum Gasteiger partial charge on any atom is -0.465 e. The normalized spacial score (nSPS) is 11.3. The zero-order valence-electron chi connectivity index (χ0n) is 14.7. The number of esters is 2. The molecule has 1 amide bonds. The van der Waals surface area contributed by atoms with Crippen molar-refractivity contribution in [2.75, 3.05) is 19.0 Å². The van der Waals surface area contributed by atoms with E-state index in [1.165, 1.54) is 13.2 Å². The maximum absolute atomic E-state index is 12.3. The summed E-state index contributed by atoms with van der Waals surface area (Å²) in [5.41, 5.74) is 1.37. The van der Waals surface area contributed by atoms with Crippen LogP contribution in [0.15, 0.2) is 54.6 Å². The first-order valence-electron chi connectivity index (χ1n) is 8.25. The smallest absolute Gasteiger partial charge is 0.339 e. The lowest BCUT2D eigenvalue weighted by Gasteiger charge is -2.15. The van der Waals surface area contributed by atoms with E-state index in [-0.39, 0.29) is 5.56 Å². The number of hydrogen-bond donors (Lipinski definition) is 1. The van der Waals surface area contributed by atoms with Gasteiger partial charge in [0.2, 0.25) is 0 Å². The van der Waals surface area contributed by atoms with E-state index in [0.717, 1.165) is 5.56 Å². The lowest BCUT2D eigenvalue weighted by Crippen LogP contribution is -2.24. The third-order valence-corrected chi connectivity index (χ3v) is 3.85. The van der Waals surface area contributed by atoms with Crippen molar-refractivity contribution in [1.29, 1.82) is 0 Å². The Bertz CT molecular complexity index is 773. The van der Waals surface area contributed by atoms with Gasteiger partial charge in [0.05, 0.1) is 24.3 Å². The lowest BCUT2D eigenvalue weighted by atomic mass is 9.97. The Hall–Kier alpha value is -3.15. The molecule has 0 fully saturated rings. The number of anilines is 1. The first kappa shape index (κ1) is 19.2. The summed E-state index contributed by atoms with van der Waals surface area (Å²) < 4.78 is 9.82. The van der Waals surface area contributed by atoms with Crippen molar-refractivity contribution in [3.05, 3.63) is 65.7 Å². The van der Waals surface area contributed by atoms with Crippen LogP contribution in [-0.2, 0) is 19.1 Å². The lowest BCUT2D eigenvalue weighted by molar-refractivity contribution is -0.149. The van der Waals surface area contributed by atoms with E-state index in [0.29, 0.717) is 12.1 Å². The van der Waals surface area contributed by atoms with Gasteiger partial charge in [-0.15, -0.1) is 0 Å². The molecule has 2 aromatic rings. The predicted octanol–water partition coefficient (Wildman–Crippen LogP) is 3.15. The van der Waals surface area contributed by atoms with Crippen molar-refractivity contribution >= 4 is 23.5 Å². The standard InChI is InChI=1S/C20H21NO5/c1-3-15(14-9-5-4-6-10-14)20(24)26-13-18(22)21-17-12-8-7-11-16(17)19(23)25-2/h4-12,15H,3,13H2,1-2H3,(H,21,22). The van der Waals surface area contributed by atoms with Gasteiger partial charge in [-0.2, -0.15) is 0 Å². The van der Waals surface area contributed by atoms with Crippen molar-refractivity contribution < 1.29 is 23.9 Å². The zero-order chi connectivity index (χ0) is 18.9. The highest BCUT2D eigenvalue weighted by Crippen LogP contribution is 2.21. The fraction of sp³-hybridized carbons (Fsp3) is 0.250. The van der Waals surface area contributed by atoms with Gasteiger partial charge >= 0.3 is 11.9 Å². The van der Waals surface area contributed by atoms with Crippen LogP contribution in [0.25, 0.3) is 0 Å². The number of amides is 1. The SMILES string of the molecule is CCC(C(=O)OCC(=O)Nc1ccccc1C(=O)OC)c1ccccc1. The second-order valence-electron chi connectivity index (χ2n) is 5.56. The second kappa shape index (κ2) is 9.36. The molecule has 0 aliphatic heterocycles. The molecule has 0 saturated heterocycles. The summed E-state index contributed by atoms with van der Waals surface area (Å²) in [6, 6.07) is 15.7. The summed E-state index contributed by atoms with van der Waals surface area (Å²) in [5, 5.41) is 2.56. The van der Waals surface area contributed by atoms with Crippen molar-refractivity contribution in [2.45, 2.75) is 19.3 Å². The molecular weight excluding hydrogens is 334 g/mol. The van der Waals surface area contributed by atoms with Gasteiger partial charge in [-0.3, -0.25) is 9.59 Å². The topological polar surface area (TPSA) is 81.7 Å². The van der Waals surface area contributed by atoms with Crippen LogP contribution >= 0.6 is 0 Å². The molecule has 2 aromatic carbocycles. The highest BCUT2D eigenvalue weighted by molar-refractivity contribution is 6.01. The van der Waals surface area contributed by atoms with Gasteiger partial charge < -0.3 is 14.8 Å². The van der Waals surface area contributed by atoms with E-state index in [2.05, 4.69) is 10.1 Å². The summed E-state index contributed by atoms with van der Waals surface area (Å²) in [4.78, 5) is 36.1. The van der Waals surface area contributed by atoms with Gasteiger partial charge in [0.25, 0.3) is 5.91 Å². The Kier molecular flexibility index (Phi) is 6.91. The van der Waals surface area contributed by atoms with E-state index in [1.807, 2.05) is 37.3 Å². The molecule has 1 N–H and O–H groups in total. The molecule has 0 bridgehead atoms. The number of rotatable bonds is 7. The van der Waals surface area contributed by atoms with Crippen LogP contribution in [-0.4, -0.2) is 31.6 Å². The molecule has 0 heterocycles. The molecule has 0 aliphatic carbocycles. The average Bonchev–Trinajstić information content (AvgIpc) is 2.67. The fourth-order valence-electron chi connectivity index (χ4n) is 2.53. The number of carbonyl (C=O) groups is 3. The number of ether oxygens (including phenoxy) is 2. The van der Waals surface area contributed by atoms with Crippen molar-refractivity contribution in [3.8, 4) is 0 Å². The highest BCUT2D eigenvalue weighted by Gasteiger charge is 2.21. The molecule has 0 spiro atoms. The molecule has 6 heteroatoms. The van der Waals surface area contributed by atoms with Crippen molar-refractivity contribution in [2.24, 2.45) is 0 Å². The Morgan fingerprint density at radius 3 is 2.31 bits per heavy atom. The summed E-state index contributed by atoms with van der Waals surface area (Å²) in [7, 11) is 1.26. The van der Waals surface area contributed by atoms with Gasteiger partial charge in [-0.1, -0.05) is 49.4 Å². The van der Waals surface area contributed by atoms with Crippen molar-refractivity contribution in [3.63, 3.8) is 0 Å². The van der Waals surface area contributed by atoms with E-state index in [4.69, 9.17) is 4.74 Å². The van der Waals surface area contributed by atoms with Crippen LogP contribution < -0.4 is 5.32 Å². The maximum atomic E-state index is 12.3. The van der Waals surface area contributed by atoms with Gasteiger partial charge in [0.1, 0.15) is 0 Å². The number of nitrogens with one attached hydrogen (secondary N) is 1. The number of carbonyl (C=O) groups excluding carboxylic acids is 3. The van der Waals surface area contributed by atoms with Crippen LogP contribution in [0, 0.1) is 0 Å². The molecule has 6 nitrogen and oxygen atoms in total. The number of hydrogen-bond acceptors (Lipinski definition) is 5. The predicted molar refractivity (Wildman–Crippen MR) is 96.8 cm³/mol. The van der Waals surface area contributed by atoms with Crippen LogP contribution in [0.2, 0.25) is 0 Å². The van der Waals surface area contributed by atoms with E-state index >= 15 is 0 Å². The average molecular weight is 355 g/mol. The third kappa shape index (κ3) is 4.92. The summed E-state index contributed by atoms with van der Waals surface area (Å²) in [5.74, 6) is -1.98. The van der Waals surface area contributed by atoms with E-state index < -0.39 is 30.4 Å². The quantitative estimate of drug-likeness (QED) is 0.772. The van der Waals surface area contributed by atoms with Crippen LogP contribution in [0.3, 0.4) is 0 Å². The largest absolute Gasteiger partial charge is 0.465 e. The Labute approximate surface area is 152 Å². The number of para-hydroxylation sites is 1. The third-order valence-electron chi connectivity index (χ3n) is 3.85. The van der Waals surface area contributed by atoms with Crippen LogP contribution in [0.5, 0.6) is 0 Å². The maximum Gasteiger partial charge on any atom is 0.339 e. The molecule has 0 saturated carbocycles. The van der Waals surface area contributed by atoms with Crippen LogP contribution in [0.4, 0.5) is 5.69 Å². The van der Waals surface area contributed by atoms with Crippen molar-refractivity contribution in [1.82, 2.24) is 0 Å². The van der Waals surface area contributed by atoms with Gasteiger partial charge in [0, 0.05) is 0 Å². The van der Waals surface area contributed by atoms with Gasteiger partial charge in [-0.25, -0.2) is 4.79 Å². The molecular formula is C20H21NO5.